The lowest BCUT2D eigenvalue weighted by Crippen LogP contribution is -2.05. The summed E-state index contributed by atoms with van der Waals surface area (Å²) in [7, 11) is 0. The Morgan fingerprint density at radius 2 is 1.71 bits per heavy atom. The third kappa shape index (κ3) is 3.75. The van der Waals surface area contributed by atoms with Crippen LogP contribution < -0.4 is 0 Å². The minimum atomic E-state index is -0.463. The molecule has 0 aliphatic rings. The Balaban J connectivity index is 2.06. The smallest absolute Gasteiger partial charge is 0.277 e. The zero-order valence-electron chi connectivity index (χ0n) is 16.4. The summed E-state index contributed by atoms with van der Waals surface area (Å²) in [5, 5.41) is 22.1. The van der Waals surface area contributed by atoms with Crippen molar-refractivity contribution in [1.82, 2.24) is 4.98 Å². The average molecular weight is 477 g/mol. The topological polar surface area (TPSA) is 96.2 Å². The van der Waals surface area contributed by atoms with Gasteiger partial charge >= 0.3 is 0 Å². The second kappa shape index (κ2) is 8.20. The van der Waals surface area contributed by atoms with Crippen LogP contribution in [0.15, 0.2) is 77.3 Å². The number of H-pyrrole nitrogens is 1. The van der Waals surface area contributed by atoms with Gasteiger partial charge in [-0.25, -0.2) is 0 Å². The number of nitrogens with zero attached hydrogens (tertiary/aromatic N) is 1. The summed E-state index contributed by atoms with van der Waals surface area (Å²) in [6.45, 7) is 1.77. The van der Waals surface area contributed by atoms with E-state index in [1.807, 2.05) is 30.3 Å². The van der Waals surface area contributed by atoms with Crippen molar-refractivity contribution < 1.29 is 14.8 Å². The minimum Gasteiger partial charge on any atom is -0.507 e. The average Bonchev–Trinajstić information content (AvgIpc) is 3.12. The molecule has 2 N–H and O–H groups in total. The van der Waals surface area contributed by atoms with Crippen LogP contribution in [0.25, 0.3) is 22.4 Å². The Morgan fingerprint density at radius 1 is 1.03 bits per heavy atom. The molecule has 0 radical (unpaired) electrons. The fourth-order valence-corrected chi connectivity index (χ4v) is 4.04. The molecular formula is C24H17BrN2O4. The van der Waals surface area contributed by atoms with Gasteiger partial charge in [0.1, 0.15) is 5.75 Å². The lowest BCUT2D eigenvalue weighted by Gasteiger charge is -2.10. The number of aromatic amines is 1. The number of phenolic OH excluding ortho intramolecular Hbond substituents is 1. The number of aryl methyl sites for hydroxylation is 1. The number of nitro benzene ring substituents is 1. The van der Waals surface area contributed by atoms with E-state index in [9.17, 15) is 20.0 Å². The van der Waals surface area contributed by atoms with Gasteiger partial charge < -0.3 is 10.1 Å². The van der Waals surface area contributed by atoms with Crippen LogP contribution in [-0.4, -0.2) is 20.8 Å². The van der Waals surface area contributed by atoms with Gasteiger partial charge in [0, 0.05) is 21.8 Å². The molecule has 1 heterocycles. The summed E-state index contributed by atoms with van der Waals surface area (Å²) >= 11 is 3.34. The van der Waals surface area contributed by atoms with Crippen molar-refractivity contribution in [3.63, 3.8) is 0 Å². The number of halogens is 1. The number of hydrogen-bond acceptors (Lipinski definition) is 4. The highest BCUT2D eigenvalue weighted by Gasteiger charge is 2.29. The summed E-state index contributed by atoms with van der Waals surface area (Å²) in [5.41, 5.74) is 2.96. The number of carbonyl (C=O) groups is 1. The van der Waals surface area contributed by atoms with Gasteiger partial charge in [-0.2, -0.15) is 0 Å². The maximum Gasteiger partial charge on any atom is 0.277 e. The first kappa shape index (κ1) is 20.6. The first-order valence-electron chi connectivity index (χ1n) is 9.43. The van der Waals surface area contributed by atoms with Crippen LogP contribution in [-0.2, 0) is 0 Å². The molecule has 4 rings (SSSR count). The van der Waals surface area contributed by atoms with Gasteiger partial charge in [-0.05, 0) is 36.8 Å². The molecule has 0 saturated heterocycles. The normalized spacial score (nSPS) is 10.8. The van der Waals surface area contributed by atoms with E-state index in [1.165, 1.54) is 18.2 Å². The number of nitrogens with one attached hydrogen (secondary N) is 1. The molecule has 4 aromatic rings. The number of rotatable bonds is 5. The lowest BCUT2D eigenvalue weighted by atomic mass is 9.91. The first-order valence-corrected chi connectivity index (χ1v) is 10.2. The Hall–Kier alpha value is -3.71. The second-order valence-electron chi connectivity index (χ2n) is 7.01. The maximum atomic E-state index is 13.7. The maximum absolute atomic E-state index is 13.7. The fraction of sp³-hybridized carbons (Fsp3) is 0.0417. The fourth-order valence-electron chi connectivity index (χ4n) is 3.68. The number of aromatic hydroxyl groups is 1. The van der Waals surface area contributed by atoms with Crippen LogP contribution in [0.4, 0.5) is 5.69 Å². The molecule has 6 nitrogen and oxygen atoms in total. The number of benzene rings is 3. The zero-order chi connectivity index (χ0) is 22.1. The Kier molecular flexibility index (Phi) is 5.44. The van der Waals surface area contributed by atoms with E-state index in [-0.39, 0.29) is 22.6 Å². The predicted octanol–water partition coefficient (Wildman–Crippen LogP) is 6.26. The number of para-hydroxylation sites is 1. The van der Waals surface area contributed by atoms with E-state index in [0.29, 0.717) is 27.0 Å². The number of aromatic nitrogens is 1. The van der Waals surface area contributed by atoms with Gasteiger partial charge in [0.05, 0.1) is 27.3 Å². The van der Waals surface area contributed by atoms with Gasteiger partial charge in [-0.3, -0.25) is 14.9 Å². The van der Waals surface area contributed by atoms with Gasteiger partial charge in [0.25, 0.3) is 5.69 Å². The van der Waals surface area contributed by atoms with Crippen molar-refractivity contribution >= 4 is 27.4 Å². The Morgan fingerprint density at radius 3 is 2.42 bits per heavy atom. The number of ketones is 1. The van der Waals surface area contributed by atoms with Crippen LogP contribution in [0.1, 0.15) is 21.6 Å². The molecule has 0 fully saturated rings. The van der Waals surface area contributed by atoms with Gasteiger partial charge in [0.15, 0.2) is 5.78 Å². The van der Waals surface area contributed by atoms with E-state index in [0.717, 1.165) is 5.56 Å². The summed E-state index contributed by atoms with van der Waals surface area (Å²) in [4.78, 5) is 28.2. The van der Waals surface area contributed by atoms with Gasteiger partial charge in [-0.1, -0.05) is 58.4 Å². The van der Waals surface area contributed by atoms with Crippen LogP contribution in [0.2, 0.25) is 0 Å². The SMILES string of the molecule is Cc1[nH]c(-c2ccccc2)c(C(=O)c2cc(Br)ccc2O)c1-c1ccccc1[N+](=O)[O-]. The molecule has 0 aliphatic heterocycles. The molecule has 0 bridgehead atoms. The van der Waals surface area contributed by atoms with E-state index in [4.69, 9.17) is 0 Å². The van der Waals surface area contributed by atoms with Crippen LogP contribution >= 0.6 is 15.9 Å². The van der Waals surface area contributed by atoms with Gasteiger partial charge in [-0.15, -0.1) is 0 Å². The molecule has 0 aliphatic carbocycles. The predicted molar refractivity (Wildman–Crippen MR) is 122 cm³/mol. The zero-order valence-corrected chi connectivity index (χ0v) is 18.0. The lowest BCUT2D eigenvalue weighted by molar-refractivity contribution is -0.384. The number of phenols is 1. The molecule has 0 unspecified atom stereocenters. The van der Waals surface area contributed by atoms with E-state index in [2.05, 4.69) is 20.9 Å². The van der Waals surface area contributed by atoms with Crippen molar-refractivity contribution in [1.29, 1.82) is 0 Å². The number of carbonyl (C=O) groups excluding carboxylic acids is 1. The molecule has 1 aromatic heterocycles. The molecule has 0 spiro atoms. The van der Waals surface area contributed by atoms with Crippen LogP contribution in [0.3, 0.4) is 0 Å². The summed E-state index contributed by atoms with van der Waals surface area (Å²) in [6.07, 6.45) is 0. The minimum absolute atomic E-state index is 0.100. The summed E-state index contributed by atoms with van der Waals surface area (Å²) in [6, 6.07) is 20.2. The van der Waals surface area contributed by atoms with Crippen molar-refractivity contribution in [2.45, 2.75) is 6.92 Å². The van der Waals surface area contributed by atoms with E-state index < -0.39 is 10.7 Å². The molecule has 31 heavy (non-hydrogen) atoms. The highest BCUT2D eigenvalue weighted by Crippen LogP contribution is 2.41. The third-order valence-electron chi connectivity index (χ3n) is 5.05. The highest BCUT2D eigenvalue weighted by molar-refractivity contribution is 9.10. The third-order valence-corrected chi connectivity index (χ3v) is 5.54. The monoisotopic (exact) mass is 476 g/mol. The van der Waals surface area contributed by atoms with Gasteiger partial charge in [0.2, 0.25) is 0 Å². The van der Waals surface area contributed by atoms with Crippen LogP contribution in [0, 0.1) is 17.0 Å². The standard InChI is InChI=1S/C24H17BrN2O4/c1-14-21(17-9-5-6-10-19(17)27(30)31)22(23(26-14)15-7-3-2-4-8-15)24(29)18-13-16(25)11-12-20(18)28/h2-13,26,28H,1H3. The molecule has 0 amide bonds. The van der Waals surface area contributed by atoms with Crippen molar-refractivity contribution in [3.8, 4) is 28.1 Å². The quantitative estimate of drug-likeness (QED) is 0.201. The molecule has 3 aromatic carbocycles. The van der Waals surface area contributed by atoms with E-state index >= 15 is 0 Å². The van der Waals surface area contributed by atoms with Crippen molar-refractivity contribution in [2.24, 2.45) is 0 Å². The number of hydrogen-bond donors (Lipinski definition) is 2. The number of nitro groups is 1. The van der Waals surface area contributed by atoms with Crippen LogP contribution in [0.5, 0.6) is 5.75 Å². The molecule has 154 valence electrons. The molecular weight excluding hydrogens is 460 g/mol. The summed E-state index contributed by atoms with van der Waals surface area (Å²) < 4.78 is 0.634. The molecule has 0 saturated carbocycles. The van der Waals surface area contributed by atoms with Crippen molar-refractivity contribution in [3.05, 3.63) is 104 Å². The largest absolute Gasteiger partial charge is 0.507 e. The highest BCUT2D eigenvalue weighted by atomic mass is 79.9. The Bertz CT molecular complexity index is 1310. The Labute approximate surface area is 186 Å². The molecule has 7 heteroatoms. The second-order valence-corrected chi connectivity index (χ2v) is 7.92. The van der Waals surface area contributed by atoms with Crippen molar-refractivity contribution in [2.75, 3.05) is 0 Å². The van der Waals surface area contributed by atoms with E-state index in [1.54, 1.807) is 31.2 Å². The first-order chi connectivity index (χ1) is 14.9. The molecule has 0 atom stereocenters. The summed E-state index contributed by atoms with van der Waals surface area (Å²) in [5.74, 6) is -0.602.